The van der Waals surface area contributed by atoms with E-state index in [2.05, 4.69) is 24.1 Å². The smallest absolute Gasteiger partial charge is 0.246 e. The van der Waals surface area contributed by atoms with E-state index in [-0.39, 0.29) is 18.0 Å². The predicted octanol–water partition coefficient (Wildman–Crippen LogP) is 1.82. The van der Waals surface area contributed by atoms with Gasteiger partial charge in [0, 0.05) is 11.7 Å². The molecular formula is C12H17N3O. The molecule has 0 radical (unpaired) electrons. The van der Waals surface area contributed by atoms with Crippen molar-refractivity contribution in [3.63, 3.8) is 0 Å². The lowest BCUT2D eigenvalue weighted by atomic mass is 10.1. The van der Waals surface area contributed by atoms with Crippen LogP contribution in [0.1, 0.15) is 20.8 Å². The summed E-state index contributed by atoms with van der Waals surface area (Å²) in [6.45, 7) is 6.07. The van der Waals surface area contributed by atoms with Gasteiger partial charge in [-0.3, -0.25) is 4.79 Å². The number of carbonyl (C=O) groups excluding carboxylic acids is 1. The highest BCUT2D eigenvalue weighted by molar-refractivity contribution is 6.03. The van der Waals surface area contributed by atoms with E-state index < -0.39 is 0 Å². The Morgan fingerprint density at radius 1 is 1.44 bits per heavy atom. The van der Waals surface area contributed by atoms with Gasteiger partial charge in [-0.05, 0) is 39.0 Å². The van der Waals surface area contributed by atoms with Gasteiger partial charge in [-0.1, -0.05) is 0 Å². The van der Waals surface area contributed by atoms with Gasteiger partial charge in [0.15, 0.2) is 0 Å². The van der Waals surface area contributed by atoms with Crippen LogP contribution in [0.4, 0.5) is 17.1 Å². The zero-order valence-corrected chi connectivity index (χ0v) is 9.82. The number of hydrogen-bond donors (Lipinski definition) is 2. The Bertz CT molecular complexity index is 428. The summed E-state index contributed by atoms with van der Waals surface area (Å²) in [7, 11) is 0. The van der Waals surface area contributed by atoms with Gasteiger partial charge in [-0.15, -0.1) is 0 Å². The van der Waals surface area contributed by atoms with Gasteiger partial charge in [0.25, 0.3) is 0 Å². The van der Waals surface area contributed by atoms with Crippen LogP contribution in [0.2, 0.25) is 0 Å². The van der Waals surface area contributed by atoms with Crippen LogP contribution < -0.4 is 16.0 Å². The Balaban J connectivity index is 2.52. The van der Waals surface area contributed by atoms with E-state index in [1.165, 1.54) is 0 Å². The number of amides is 1. The quantitative estimate of drug-likeness (QED) is 0.708. The minimum absolute atomic E-state index is 0.0202. The molecule has 4 nitrogen and oxygen atoms in total. The first kappa shape index (κ1) is 10.8. The molecule has 0 aromatic heterocycles. The molecule has 1 aliphatic rings. The highest BCUT2D eigenvalue weighted by Gasteiger charge is 2.30. The number of nitrogens with zero attached hydrogens (tertiary/aromatic N) is 1. The van der Waals surface area contributed by atoms with Crippen molar-refractivity contribution in [3.8, 4) is 0 Å². The highest BCUT2D eigenvalue weighted by Crippen LogP contribution is 2.34. The van der Waals surface area contributed by atoms with Crippen LogP contribution in [0, 0.1) is 0 Å². The summed E-state index contributed by atoms with van der Waals surface area (Å²) in [4.78, 5) is 13.9. The summed E-state index contributed by atoms with van der Waals surface area (Å²) in [5.74, 6) is 0.0202. The predicted molar refractivity (Wildman–Crippen MR) is 66.6 cm³/mol. The lowest BCUT2D eigenvalue weighted by Gasteiger charge is -2.39. The molecule has 86 valence electrons. The van der Waals surface area contributed by atoms with Crippen LogP contribution in [0.25, 0.3) is 0 Å². The molecule has 0 spiro atoms. The van der Waals surface area contributed by atoms with Crippen molar-refractivity contribution in [1.82, 2.24) is 0 Å². The number of anilines is 3. The van der Waals surface area contributed by atoms with E-state index in [9.17, 15) is 4.79 Å². The number of hydrogen-bond acceptors (Lipinski definition) is 3. The van der Waals surface area contributed by atoms with Gasteiger partial charge in [0.05, 0.1) is 11.4 Å². The molecule has 16 heavy (non-hydrogen) atoms. The molecule has 1 heterocycles. The fourth-order valence-electron chi connectivity index (χ4n) is 2.18. The Hall–Kier alpha value is -1.71. The highest BCUT2D eigenvalue weighted by atomic mass is 16.2. The van der Waals surface area contributed by atoms with Crippen LogP contribution in [0.3, 0.4) is 0 Å². The Kier molecular flexibility index (Phi) is 2.50. The van der Waals surface area contributed by atoms with E-state index in [0.717, 1.165) is 11.4 Å². The van der Waals surface area contributed by atoms with Gasteiger partial charge in [-0.25, -0.2) is 0 Å². The molecule has 0 saturated heterocycles. The van der Waals surface area contributed by atoms with E-state index in [0.29, 0.717) is 5.69 Å². The van der Waals surface area contributed by atoms with Gasteiger partial charge in [0.2, 0.25) is 5.91 Å². The molecule has 2 rings (SSSR count). The standard InChI is InChI=1S/C12H17N3O/c1-7(2)15-8(3)12(16)14-10-6-9(13)4-5-11(10)15/h4-8H,13H2,1-3H3,(H,14,16). The van der Waals surface area contributed by atoms with Crippen LogP contribution in [-0.2, 0) is 4.79 Å². The molecule has 3 N–H and O–H groups in total. The summed E-state index contributed by atoms with van der Waals surface area (Å²) in [6, 6.07) is 5.76. The molecule has 0 aliphatic carbocycles. The average Bonchev–Trinajstić information content (AvgIpc) is 2.19. The summed E-state index contributed by atoms with van der Waals surface area (Å²) in [5, 5.41) is 2.87. The van der Waals surface area contributed by atoms with Gasteiger partial charge in [0.1, 0.15) is 6.04 Å². The van der Waals surface area contributed by atoms with E-state index >= 15 is 0 Å². The van der Waals surface area contributed by atoms with E-state index in [1.54, 1.807) is 6.07 Å². The zero-order chi connectivity index (χ0) is 11.9. The third-order valence-electron chi connectivity index (χ3n) is 2.91. The molecule has 1 atom stereocenters. The molecular weight excluding hydrogens is 202 g/mol. The van der Waals surface area contributed by atoms with Crippen molar-refractivity contribution in [2.45, 2.75) is 32.9 Å². The minimum Gasteiger partial charge on any atom is -0.399 e. The Labute approximate surface area is 95.4 Å². The monoisotopic (exact) mass is 219 g/mol. The second-order valence-corrected chi connectivity index (χ2v) is 4.44. The molecule has 1 aliphatic heterocycles. The third kappa shape index (κ3) is 1.60. The summed E-state index contributed by atoms with van der Waals surface area (Å²) in [5.41, 5.74) is 8.22. The number of nitrogen functional groups attached to an aromatic ring is 1. The maximum atomic E-state index is 11.8. The van der Waals surface area contributed by atoms with Crippen molar-refractivity contribution in [1.29, 1.82) is 0 Å². The third-order valence-corrected chi connectivity index (χ3v) is 2.91. The normalized spacial score (nSPS) is 19.6. The first-order chi connectivity index (χ1) is 7.50. The van der Waals surface area contributed by atoms with E-state index in [1.807, 2.05) is 19.1 Å². The number of fused-ring (bicyclic) bond motifs is 1. The van der Waals surface area contributed by atoms with Crippen molar-refractivity contribution in [2.75, 3.05) is 16.0 Å². The zero-order valence-electron chi connectivity index (χ0n) is 9.82. The molecule has 1 amide bonds. The first-order valence-corrected chi connectivity index (χ1v) is 5.49. The summed E-state index contributed by atoms with van der Waals surface area (Å²) >= 11 is 0. The van der Waals surface area contributed by atoms with Gasteiger partial charge >= 0.3 is 0 Å². The Morgan fingerprint density at radius 3 is 2.75 bits per heavy atom. The molecule has 0 bridgehead atoms. The lowest BCUT2D eigenvalue weighted by Crippen LogP contribution is -2.49. The largest absolute Gasteiger partial charge is 0.399 e. The minimum atomic E-state index is -0.142. The Morgan fingerprint density at radius 2 is 2.12 bits per heavy atom. The lowest BCUT2D eigenvalue weighted by molar-refractivity contribution is -0.117. The molecule has 1 aromatic rings. The van der Waals surface area contributed by atoms with Crippen LogP contribution >= 0.6 is 0 Å². The fraction of sp³-hybridized carbons (Fsp3) is 0.417. The molecule has 1 aromatic carbocycles. The number of nitrogens with two attached hydrogens (primary N) is 1. The SMILES string of the molecule is CC(C)N1c2ccc(N)cc2NC(=O)C1C. The fourth-order valence-corrected chi connectivity index (χ4v) is 2.18. The van der Waals surface area contributed by atoms with Crippen LogP contribution in [0.5, 0.6) is 0 Å². The molecule has 1 unspecified atom stereocenters. The number of carbonyl (C=O) groups is 1. The second-order valence-electron chi connectivity index (χ2n) is 4.44. The van der Waals surface area contributed by atoms with Crippen molar-refractivity contribution >= 4 is 23.0 Å². The van der Waals surface area contributed by atoms with Crippen molar-refractivity contribution < 1.29 is 4.79 Å². The first-order valence-electron chi connectivity index (χ1n) is 5.49. The van der Waals surface area contributed by atoms with E-state index in [4.69, 9.17) is 5.73 Å². The van der Waals surface area contributed by atoms with Crippen molar-refractivity contribution in [3.05, 3.63) is 18.2 Å². The number of nitrogens with one attached hydrogen (secondary N) is 1. The van der Waals surface area contributed by atoms with Gasteiger partial charge in [-0.2, -0.15) is 0 Å². The topological polar surface area (TPSA) is 58.4 Å². The molecule has 0 saturated carbocycles. The second kappa shape index (κ2) is 3.70. The van der Waals surface area contributed by atoms with Crippen LogP contribution in [0.15, 0.2) is 18.2 Å². The summed E-state index contributed by atoms with van der Waals surface area (Å²) in [6.07, 6.45) is 0. The summed E-state index contributed by atoms with van der Waals surface area (Å²) < 4.78 is 0. The molecule has 0 fully saturated rings. The van der Waals surface area contributed by atoms with Crippen LogP contribution in [-0.4, -0.2) is 18.0 Å². The average molecular weight is 219 g/mol. The van der Waals surface area contributed by atoms with Crippen molar-refractivity contribution in [2.24, 2.45) is 0 Å². The van der Waals surface area contributed by atoms with Gasteiger partial charge < -0.3 is 16.0 Å². The number of rotatable bonds is 1. The molecule has 4 heteroatoms. The maximum absolute atomic E-state index is 11.8. The number of benzene rings is 1. The maximum Gasteiger partial charge on any atom is 0.246 e.